The lowest BCUT2D eigenvalue weighted by atomic mass is 9.95. The second-order valence-electron chi connectivity index (χ2n) is 5.57. The molecule has 5 heteroatoms. The Labute approximate surface area is 132 Å². The van der Waals surface area contributed by atoms with Gasteiger partial charge in [0.25, 0.3) is 0 Å². The Hall–Kier alpha value is -0.840. The fourth-order valence-corrected chi connectivity index (χ4v) is 4.74. The van der Waals surface area contributed by atoms with E-state index in [0.717, 1.165) is 31.2 Å². The summed E-state index contributed by atoms with van der Waals surface area (Å²) in [6, 6.07) is 5.00. The Kier molecular flexibility index (Phi) is 5.47. The quantitative estimate of drug-likeness (QED) is 0.761. The van der Waals surface area contributed by atoms with Gasteiger partial charge in [-0.3, -0.25) is 0 Å². The Morgan fingerprint density at radius 2 is 2.00 bits per heavy atom. The summed E-state index contributed by atoms with van der Waals surface area (Å²) >= 11 is 6.08. The SMILES string of the molecule is C=CCN(C1CCCCC1)S(=O)(=O)c1ccc(C)c(Cl)c1. The van der Waals surface area contributed by atoms with Gasteiger partial charge in [-0.1, -0.05) is 43.0 Å². The fraction of sp³-hybridized carbons (Fsp3) is 0.500. The number of nitrogens with zero attached hydrogens (tertiary/aromatic N) is 1. The van der Waals surface area contributed by atoms with Gasteiger partial charge >= 0.3 is 0 Å². The molecular weight excluding hydrogens is 306 g/mol. The topological polar surface area (TPSA) is 37.4 Å². The molecule has 0 unspecified atom stereocenters. The molecule has 1 aromatic carbocycles. The van der Waals surface area contributed by atoms with E-state index in [1.807, 2.05) is 6.92 Å². The first-order valence-electron chi connectivity index (χ1n) is 7.35. The van der Waals surface area contributed by atoms with Crippen molar-refractivity contribution in [2.45, 2.75) is 50.0 Å². The van der Waals surface area contributed by atoms with E-state index >= 15 is 0 Å². The number of benzene rings is 1. The van der Waals surface area contributed by atoms with Crippen LogP contribution in [-0.4, -0.2) is 25.3 Å². The predicted octanol–water partition coefficient (Wildman–Crippen LogP) is 4.16. The molecule has 21 heavy (non-hydrogen) atoms. The first-order chi connectivity index (χ1) is 9.96. The highest BCUT2D eigenvalue weighted by molar-refractivity contribution is 7.89. The molecule has 2 rings (SSSR count). The third-order valence-corrected chi connectivity index (χ3v) is 6.36. The van der Waals surface area contributed by atoms with Gasteiger partial charge in [-0.2, -0.15) is 4.31 Å². The van der Waals surface area contributed by atoms with Crippen molar-refractivity contribution in [2.24, 2.45) is 0 Å². The van der Waals surface area contributed by atoms with Crippen molar-refractivity contribution in [2.75, 3.05) is 6.54 Å². The summed E-state index contributed by atoms with van der Waals surface area (Å²) in [4.78, 5) is 0.269. The molecule has 0 heterocycles. The molecule has 0 bridgehead atoms. The summed E-state index contributed by atoms with van der Waals surface area (Å²) in [6.07, 6.45) is 6.86. The summed E-state index contributed by atoms with van der Waals surface area (Å²) in [5.74, 6) is 0. The van der Waals surface area contributed by atoms with Gasteiger partial charge in [0.1, 0.15) is 0 Å². The van der Waals surface area contributed by atoms with Gasteiger partial charge in [-0.25, -0.2) is 8.42 Å². The summed E-state index contributed by atoms with van der Waals surface area (Å²) in [5.41, 5.74) is 0.878. The molecule has 1 aliphatic rings. The highest BCUT2D eigenvalue weighted by Crippen LogP contribution is 2.29. The first kappa shape index (κ1) is 16.5. The van der Waals surface area contributed by atoms with Gasteiger partial charge in [-0.05, 0) is 37.5 Å². The summed E-state index contributed by atoms with van der Waals surface area (Å²) in [7, 11) is -3.52. The second kappa shape index (κ2) is 6.95. The maximum Gasteiger partial charge on any atom is 0.243 e. The molecule has 1 fully saturated rings. The Morgan fingerprint density at radius 3 is 2.57 bits per heavy atom. The maximum atomic E-state index is 12.9. The van der Waals surface area contributed by atoms with Crippen LogP contribution in [0.15, 0.2) is 35.7 Å². The lowest BCUT2D eigenvalue weighted by Crippen LogP contribution is -2.41. The number of hydrogen-bond acceptors (Lipinski definition) is 2. The average Bonchev–Trinajstić information content (AvgIpc) is 2.48. The van der Waals surface area contributed by atoms with E-state index < -0.39 is 10.0 Å². The molecule has 0 radical (unpaired) electrons. The van der Waals surface area contributed by atoms with Crippen LogP contribution in [0.5, 0.6) is 0 Å². The van der Waals surface area contributed by atoms with Crippen LogP contribution in [0, 0.1) is 6.92 Å². The zero-order valence-electron chi connectivity index (χ0n) is 12.4. The fourth-order valence-electron chi connectivity index (χ4n) is 2.81. The smallest absolute Gasteiger partial charge is 0.207 e. The monoisotopic (exact) mass is 327 g/mol. The van der Waals surface area contributed by atoms with E-state index in [0.29, 0.717) is 11.6 Å². The molecule has 0 atom stereocenters. The summed E-state index contributed by atoms with van der Waals surface area (Å²) in [6.45, 7) is 5.91. The average molecular weight is 328 g/mol. The minimum absolute atomic E-state index is 0.0711. The van der Waals surface area contributed by atoms with Crippen LogP contribution in [0.3, 0.4) is 0 Å². The summed E-state index contributed by atoms with van der Waals surface area (Å²) < 4.78 is 27.4. The van der Waals surface area contributed by atoms with E-state index in [-0.39, 0.29) is 10.9 Å². The van der Waals surface area contributed by atoms with E-state index in [4.69, 9.17) is 11.6 Å². The molecule has 0 amide bonds. The zero-order valence-corrected chi connectivity index (χ0v) is 14.0. The van der Waals surface area contributed by atoms with Crippen molar-refractivity contribution in [1.29, 1.82) is 0 Å². The third-order valence-electron chi connectivity index (χ3n) is 4.04. The number of halogens is 1. The van der Waals surface area contributed by atoms with Gasteiger partial charge in [-0.15, -0.1) is 6.58 Å². The molecule has 0 aliphatic heterocycles. The van der Waals surface area contributed by atoms with Crippen molar-refractivity contribution in [1.82, 2.24) is 4.31 Å². The Morgan fingerprint density at radius 1 is 1.33 bits per heavy atom. The Balaban J connectivity index is 2.36. The van der Waals surface area contributed by atoms with Gasteiger partial charge in [0, 0.05) is 17.6 Å². The molecule has 0 aromatic heterocycles. The number of hydrogen-bond donors (Lipinski definition) is 0. The van der Waals surface area contributed by atoms with Crippen LogP contribution in [0.4, 0.5) is 0 Å². The molecule has 3 nitrogen and oxygen atoms in total. The standard InChI is InChI=1S/C16H22ClNO2S/c1-3-11-18(14-7-5-4-6-8-14)21(19,20)15-10-9-13(2)16(17)12-15/h3,9-10,12,14H,1,4-8,11H2,2H3. The van der Waals surface area contributed by atoms with Crippen LogP contribution < -0.4 is 0 Å². The molecule has 0 spiro atoms. The first-order valence-corrected chi connectivity index (χ1v) is 9.17. The number of aryl methyl sites for hydroxylation is 1. The minimum Gasteiger partial charge on any atom is -0.207 e. The van der Waals surface area contributed by atoms with Crippen molar-refractivity contribution < 1.29 is 8.42 Å². The van der Waals surface area contributed by atoms with Crippen molar-refractivity contribution in [3.05, 3.63) is 41.4 Å². The van der Waals surface area contributed by atoms with Gasteiger partial charge in [0.15, 0.2) is 0 Å². The Bertz CT molecular complexity index is 607. The molecular formula is C16H22ClNO2S. The lowest BCUT2D eigenvalue weighted by molar-refractivity contribution is 0.269. The zero-order chi connectivity index (χ0) is 15.5. The van der Waals surface area contributed by atoms with Crippen LogP contribution >= 0.6 is 11.6 Å². The minimum atomic E-state index is -3.52. The molecule has 1 saturated carbocycles. The van der Waals surface area contributed by atoms with Gasteiger partial charge in [0.2, 0.25) is 10.0 Å². The van der Waals surface area contributed by atoms with E-state index in [1.165, 1.54) is 6.42 Å². The third kappa shape index (κ3) is 3.68. The molecule has 116 valence electrons. The van der Waals surface area contributed by atoms with E-state index in [1.54, 1.807) is 28.6 Å². The lowest BCUT2D eigenvalue weighted by Gasteiger charge is -2.32. The summed E-state index contributed by atoms with van der Waals surface area (Å²) in [5, 5.41) is 0.485. The van der Waals surface area contributed by atoms with Crippen LogP contribution in [-0.2, 0) is 10.0 Å². The maximum absolute atomic E-state index is 12.9. The van der Waals surface area contributed by atoms with Crippen LogP contribution in [0.25, 0.3) is 0 Å². The molecule has 1 aliphatic carbocycles. The molecule has 1 aromatic rings. The van der Waals surface area contributed by atoms with Crippen LogP contribution in [0.2, 0.25) is 5.02 Å². The van der Waals surface area contributed by atoms with Gasteiger partial charge in [0.05, 0.1) is 4.90 Å². The number of sulfonamides is 1. The molecule has 0 saturated heterocycles. The highest BCUT2D eigenvalue weighted by atomic mass is 35.5. The molecule has 0 N–H and O–H groups in total. The second-order valence-corrected chi connectivity index (χ2v) is 7.86. The van der Waals surface area contributed by atoms with E-state index in [2.05, 4.69) is 6.58 Å². The van der Waals surface area contributed by atoms with E-state index in [9.17, 15) is 8.42 Å². The number of rotatable bonds is 5. The highest BCUT2D eigenvalue weighted by Gasteiger charge is 2.31. The van der Waals surface area contributed by atoms with Crippen molar-refractivity contribution in [3.63, 3.8) is 0 Å². The van der Waals surface area contributed by atoms with Gasteiger partial charge < -0.3 is 0 Å². The van der Waals surface area contributed by atoms with Crippen molar-refractivity contribution >= 4 is 21.6 Å². The predicted molar refractivity (Wildman–Crippen MR) is 87.2 cm³/mol. The normalized spacial score (nSPS) is 17.1. The van der Waals surface area contributed by atoms with Crippen LogP contribution in [0.1, 0.15) is 37.7 Å². The van der Waals surface area contributed by atoms with Crippen molar-refractivity contribution in [3.8, 4) is 0 Å². The largest absolute Gasteiger partial charge is 0.243 e.